The Labute approximate surface area is 64.8 Å². The number of nitrogens with one attached hydrogen (secondary N) is 1. The minimum atomic E-state index is 0.112. The maximum atomic E-state index is 7.09. The number of hydrogen-bond donors (Lipinski definition) is 1. The normalized spacial score (nSPS) is 10.3. The molecule has 3 nitrogen and oxygen atoms in total. The molecule has 3 heteroatoms. The minimum Gasteiger partial charge on any atom is -0.481 e. The highest BCUT2D eigenvalue weighted by atomic mass is 16.5. The van der Waals surface area contributed by atoms with Gasteiger partial charge in [-0.3, -0.25) is 5.41 Å². The van der Waals surface area contributed by atoms with Crippen LogP contribution >= 0.6 is 0 Å². The van der Waals surface area contributed by atoms with Crippen LogP contribution in [0.1, 0.15) is 5.76 Å². The second-order valence-corrected chi connectivity index (χ2v) is 1.92. The summed E-state index contributed by atoms with van der Waals surface area (Å²) in [6.07, 6.45) is 4.78. The zero-order chi connectivity index (χ0) is 8.10. The first-order valence-corrected chi connectivity index (χ1v) is 3.17. The Bertz CT molecular complexity index is 249. The third-order valence-corrected chi connectivity index (χ3v) is 1.16. The maximum Gasteiger partial charge on any atom is 0.205 e. The number of ether oxygens (including phenoxy) is 1. The largest absolute Gasteiger partial charge is 0.481 e. The van der Waals surface area contributed by atoms with E-state index >= 15 is 0 Å². The standard InChI is InChI=1S/C8H9NO2/c1-10-8(9)5-4-7-3-2-6-11-7/h2-6,9H,1H3/b5-4+,9-8?. The lowest BCUT2D eigenvalue weighted by Crippen LogP contribution is -1.91. The van der Waals surface area contributed by atoms with Crippen LogP contribution < -0.4 is 0 Å². The lowest BCUT2D eigenvalue weighted by molar-refractivity contribution is 0.403. The van der Waals surface area contributed by atoms with Crippen LogP contribution in [0.25, 0.3) is 6.08 Å². The van der Waals surface area contributed by atoms with E-state index in [4.69, 9.17) is 9.83 Å². The van der Waals surface area contributed by atoms with E-state index in [0.717, 1.165) is 0 Å². The van der Waals surface area contributed by atoms with Gasteiger partial charge in [0.05, 0.1) is 13.4 Å². The molecule has 0 spiro atoms. The van der Waals surface area contributed by atoms with Gasteiger partial charge < -0.3 is 9.15 Å². The van der Waals surface area contributed by atoms with Gasteiger partial charge in [-0.25, -0.2) is 0 Å². The Kier molecular flexibility index (Phi) is 2.49. The molecule has 0 aliphatic carbocycles. The van der Waals surface area contributed by atoms with E-state index in [-0.39, 0.29) is 5.90 Å². The Morgan fingerprint density at radius 1 is 1.73 bits per heavy atom. The van der Waals surface area contributed by atoms with E-state index in [0.29, 0.717) is 5.76 Å². The van der Waals surface area contributed by atoms with Crippen LogP contribution in [0.4, 0.5) is 0 Å². The fourth-order valence-electron chi connectivity index (χ4n) is 0.612. The summed E-state index contributed by atoms with van der Waals surface area (Å²) < 4.78 is 9.59. The van der Waals surface area contributed by atoms with Gasteiger partial charge >= 0.3 is 0 Å². The molecule has 11 heavy (non-hydrogen) atoms. The fraction of sp³-hybridized carbons (Fsp3) is 0.125. The van der Waals surface area contributed by atoms with E-state index in [1.807, 2.05) is 0 Å². The Balaban J connectivity index is 2.55. The summed E-state index contributed by atoms with van der Waals surface area (Å²) in [7, 11) is 1.45. The lowest BCUT2D eigenvalue weighted by Gasteiger charge is -1.91. The zero-order valence-corrected chi connectivity index (χ0v) is 6.20. The molecule has 0 saturated carbocycles. The first kappa shape index (κ1) is 7.60. The van der Waals surface area contributed by atoms with E-state index in [1.54, 1.807) is 24.5 Å². The van der Waals surface area contributed by atoms with Crippen LogP contribution in [0.3, 0.4) is 0 Å². The van der Waals surface area contributed by atoms with Gasteiger partial charge in [0.2, 0.25) is 5.90 Å². The van der Waals surface area contributed by atoms with Crippen LogP contribution in [0.2, 0.25) is 0 Å². The van der Waals surface area contributed by atoms with Gasteiger partial charge in [-0.1, -0.05) is 0 Å². The van der Waals surface area contributed by atoms with Gasteiger partial charge in [0.25, 0.3) is 0 Å². The molecule has 0 atom stereocenters. The quantitative estimate of drug-likeness (QED) is 0.518. The molecule has 0 amide bonds. The van der Waals surface area contributed by atoms with Crippen molar-refractivity contribution >= 4 is 12.0 Å². The van der Waals surface area contributed by atoms with Gasteiger partial charge in [0.1, 0.15) is 5.76 Å². The summed E-state index contributed by atoms with van der Waals surface area (Å²) in [5.74, 6) is 0.827. The van der Waals surface area contributed by atoms with Crippen molar-refractivity contribution in [3.05, 3.63) is 30.2 Å². The average molecular weight is 151 g/mol. The second-order valence-electron chi connectivity index (χ2n) is 1.92. The molecule has 1 aromatic rings. The third-order valence-electron chi connectivity index (χ3n) is 1.16. The summed E-state index contributed by atoms with van der Waals surface area (Å²) in [5.41, 5.74) is 0. The molecule has 1 N–H and O–H groups in total. The number of rotatable bonds is 2. The monoisotopic (exact) mass is 151 g/mol. The fourth-order valence-corrected chi connectivity index (χ4v) is 0.612. The van der Waals surface area contributed by atoms with Crippen molar-refractivity contribution in [2.45, 2.75) is 0 Å². The van der Waals surface area contributed by atoms with Gasteiger partial charge in [0, 0.05) is 6.08 Å². The molecule has 0 fully saturated rings. The molecule has 1 heterocycles. The van der Waals surface area contributed by atoms with E-state index < -0.39 is 0 Å². The molecule has 0 saturated heterocycles. The Morgan fingerprint density at radius 3 is 3.09 bits per heavy atom. The Hall–Kier alpha value is -1.51. The molecule has 0 aliphatic heterocycles. The average Bonchev–Trinajstić information content (AvgIpc) is 2.52. The van der Waals surface area contributed by atoms with Crippen LogP contribution in [0, 0.1) is 5.41 Å². The molecule has 0 radical (unpaired) electrons. The molecule has 0 bridgehead atoms. The molecule has 1 rings (SSSR count). The number of methoxy groups -OCH3 is 1. The van der Waals surface area contributed by atoms with E-state index in [9.17, 15) is 0 Å². The van der Waals surface area contributed by atoms with Crippen molar-refractivity contribution in [1.29, 1.82) is 5.41 Å². The van der Waals surface area contributed by atoms with Gasteiger partial charge in [-0.2, -0.15) is 0 Å². The zero-order valence-electron chi connectivity index (χ0n) is 6.20. The van der Waals surface area contributed by atoms with Crippen LogP contribution in [-0.4, -0.2) is 13.0 Å². The maximum absolute atomic E-state index is 7.09. The molecule has 1 aromatic heterocycles. The predicted molar refractivity (Wildman–Crippen MR) is 42.5 cm³/mol. The topological polar surface area (TPSA) is 46.2 Å². The van der Waals surface area contributed by atoms with Crippen molar-refractivity contribution in [3.63, 3.8) is 0 Å². The summed E-state index contributed by atoms with van der Waals surface area (Å²) in [6.45, 7) is 0. The molecular formula is C8H9NO2. The highest BCUT2D eigenvalue weighted by Gasteiger charge is 1.88. The minimum absolute atomic E-state index is 0.112. The van der Waals surface area contributed by atoms with Gasteiger partial charge in [-0.15, -0.1) is 0 Å². The van der Waals surface area contributed by atoms with Crippen LogP contribution in [0.15, 0.2) is 28.9 Å². The first-order chi connectivity index (χ1) is 5.33. The first-order valence-electron chi connectivity index (χ1n) is 3.17. The predicted octanol–water partition coefficient (Wildman–Crippen LogP) is 1.92. The van der Waals surface area contributed by atoms with E-state index in [2.05, 4.69) is 4.74 Å². The highest BCUT2D eigenvalue weighted by Crippen LogP contribution is 2.01. The lowest BCUT2D eigenvalue weighted by atomic mass is 10.4. The molecule has 0 aromatic carbocycles. The van der Waals surface area contributed by atoms with Crippen LogP contribution in [0.5, 0.6) is 0 Å². The summed E-state index contributed by atoms with van der Waals surface area (Å²) in [6, 6.07) is 3.59. The van der Waals surface area contributed by atoms with Crippen molar-refractivity contribution in [3.8, 4) is 0 Å². The SMILES string of the molecule is COC(=N)/C=C/c1ccco1. The van der Waals surface area contributed by atoms with Gasteiger partial charge in [-0.05, 0) is 18.2 Å². The summed E-state index contributed by atoms with van der Waals surface area (Å²) in [5, 5.41) is 7.09. The number of furan rings is 1. The van der Waals surface area contributed by atoms with Crippen LogP contribution in [-0.2, 0) is 4.74 Å². The Morgan fingerprint density at radius 2 is 2.55 bits per heavy atom. The summed E-state index contributed by atoms with van der Waals surface area (Å²) in [4.78, 5) is 0. The second kappa shape index (κ2) is 3.61. The van der Waals surface area contributed by atoms with Crippen molar-refractivity contribution in [2.24, 2.45) is 0 Å². The van der Waals surface area contributed by atoms with E-state index in [1.165, 1.54) is 13.2 Å². The van der Waals surface area contributed by atoms with Gasteiger partial charge in [0.15, 0.2) is 0 Å². The molecule has 58 valence electrons. The third kappa shape index (κ3) is 2.29. The highest BCUT2D eigenvalue weighted by molar-refractivity contribution is 5.88. The smallest absolute Gasteiger partial charge is 0.205 e. The summed E-state index contributed by atoms with van der Waals surface area (Å²) >= 11 is 0. The molecule has 0 aliphatic rings. The molecule has 0 unspecified atom stereocenters. The van der Waals surface area contributed by atoms with Crippen molar-refractivity contribution < 1.29 is 9.15 Å². The van der Waals surface area contributed by atoms with Crippen molar-refractivity contribution in [2.75, 3.05) is 7.11 Å². The molecular weight excluding hydrogens is 142 g/mol. The van der Waals surface area contributed by atoms with Crippen molar-refractivity contribution in [1.82, 2.24) is 0 Å². The number of hydrogen-bond acceptors (Lipinski definition) is 3.